The summed E-state index contributed by atoms with van der Waals surface area (Å²) in [5, 5.41) is 11.0. The molecule has 0 spiro atoms. The fourth-order valence-electron chi connectivity index (χ4n) is 1.95. The highest BCUT2D eigenvalue weighted by Crippen LogP contribution is 2.25. The number of carbonyl (C=O) groups is 2. The van der Waals surface area contributed by atoms with Crippen molar-refractivity contribution >= 4 is 11.9 Å². The van der Waals surface area contributed by atoms with Gasteiger partial charge in [0, 0.05) is 28.8 Å². The first-order valence-corrected chi connectivity index (χ1v) is 5.73. The Morgan fingerprint density at radius 3 is 2.28 bits per heavy atom. The zero-order valence-corrected chi connectivity index (χ0v) is 9.69. The Morgan fingerprint density at radius 1 is 1.06 bits per heavy atom. The van der Waals surface area contributed by atoms with Crippen LogP contribution in [0, 0.1) is 11.8 Å². The normalized spacial score (nSPS) is 22.4. The number of pyridine rings is 1. The Labute approximate surface area is 104 Å². The number of rotatable bonds is 3. The minimum atomic E-state index is -1.21. The van der Waals surface area contributed by atoms with E-state index in [9.17, 15) is 14.7 Å². The number of hydrogen-bond acceptors (Lipinski definition) is 4. The molecule has 5 nitrogen and oxygen atoms in total. The molecule has 1 aromatic rings. The first kappa shape index (κ1) is 12.3. The molecule has 18 heavy (non-hydrogen) atoms. The summed E-state index contributed by atoms with van der Waals surface area (Å²) >= 11 is 0. The average molecular weight is 247 g/mol. The van der Waals surface area contributed by atoms with E-state index in [0.29, 0.717) is 12.8 Å². The van der Waals surface area contributed by atoms with Crippen LogP contribution in [-0.2, 0) is 9.59 Å². The van der Waals surface area contributed by atoms with E-state index < -0.39 is 23.8 Å². The minimum absolute atomic E-state index is 0.307. The van der Waals surface area contributed by atoms with Gasteiger partial charge in [0.25, 0.3) is 0 Å². The van der Waals surface area contributed by atoms with Gasteiger partial charge in [0.15, 0.2) is 0 Å². The number of carboxylic acid groups (broad SMARTS) is 1. The van der Waals surface area contributed by atoms with Gasteiger partial charge in [-0.1, -0.05) is 18.2 Å². The third-order valence-electron chi connectivity index (χ3n) is 2.92. The predicted molar refractivity (Wildman–Crippen MR) is 58.6 cm³/mol. The number of carboxylic acids is 1. The molecule has 94 valence electrons. The molecule has 2 rings (SSSR count). The van der Waals surface area contributed by atoms with Crippen molar-refractivity contribution in [2.24, 2.45) is 11.8 Å². The van der Waals surface area contributed by atoms with Crippen LogP contribution in [0.5, 0.6) is 0 Å². The van der Waals surface area contributed by atoms with Crippen LogP contribution in [0.4, 0.5) is 0 Å². The summed E-state index contributed by atoms with van der Waals surface area (Å²) in [6.45, 7) is 0. The second kappa shape index (κ2) is 5.44. The van der Waals surface area contributed by atoms with Crippen LogP contribution in [0.3, 0.4) is 0 Å². The second-order valence-electron chi connectivity index (χ2n) is 4.12. The van der Waals surface area contributed by atoms with Crippen LogP contribution >= 0.6 is 0 Å². The topological polar surface area (TPSA) is 70.3 Å². The predicted octanol–water partition coefficient (Wildman–Crippen LogP) is -0.738. The van der Waals surface area contributed by atoms with Crippen molar-refractivity contribution in [1.29, 1.82) is 0 Å². The van der Waals surface area contributed by atoms with E-state index in [4.69, 9.17) is 4.84 Å². The van der Waals surface area contributed by atoms with Crippen LogP contribution in [0.2, 0.25) is 0 Å². The van der Waals surface area contributed by atoms with Gasteiger partial charge in [-0.2, -0.15) is 4.84 Å². The number of nitrogens with zero attached hydrogens (tertiary/aromatic N) is 1. The van der Waals surface area contributed by atoms with E-state index in [1.165, 1.54) is 4.73 Å². The van der Waals surface area contributed by atoms with E-state index in [2.05, 4.69) is 0 Å². The molecule has 0 fully saturated rings. The molecular formula is C13H13NO4. The molecule has 0 N–H and O–H groups in total. The lowest BCUT2D eigenvalue weighted by Crippen LogP contribution is -2.50. The number of carbonyl (C=O) groups excluding carboxylic acids is 2. The lowest BCUT2D eigenvalue weighted by atomic mass is 9.83. The van der Waals surface area contributed by atoms with E-state index in [1.807, 2.05) is 0 Å². The van der Waals surface area contributed by atoms with Gasteiger partial charge in [-0.15, -0.1) is 0 Å². The minimum Gasteiger partial charge on any atom is -0.550 e. The van der Waals surface area contributed by atoms with E-state index in [1.54, 1.807) is 42.7 Å². The molecule has 0 aromatic carbocycles. The van der Waals surface area contributed by atoms with Crippen molar-refractivity contribution in [1.82, 2.24) is 0 Å². The summed E-state index contributed by atoms with van der Waals surface area (Å²) in [7, 11) is 0. The molecule has 5 heteroatoms. The van der Waals surface area contributed by atoms with Crippen molar-refractivity contribution < 1.29 is 24.3 Å². The lowest BCUT2D eigenvalue weighted by molar-refractivity contribution is -0.870. The average Bonchev–Trinajstić information content (AvgIpc) is 2.40. The van der Waals surface area contributed by atoms with Crippen LogP contribution < -0.4 is 14.7 Å². The highest BCUT2D eigenvalue weighted by Gasteiger charge is 2.33. The molecule has 1 heterocycles. The summed E-state index contributed by atoms with van der Waals surface area (Å²) in [4.78, 5) is 28.0. The highest BCUT2D eigenvalue weighted by atomic mass is 16.7. The van der Waals surface area contributed by atoms with E-state index >= 15 is 0 Å². The van der Waals surface area contributed by atoms with Crippen LogP contribution in [0.25, 0.3) is 0 Å². The maximum Gasteiger partial charge on any atom is 0.384 e. The van der Waals surface area contributed by atoms with Crippen LogP contribution in [0.15, 0.2) is 42.7 Å². The van der Waals surface area contributed by atoms with Crippen molar-refractivity contribution in [3.63, 3.8) is 0 Å². The second-order valence-corrected chi connectivity index (χ2v) is 4.12. The Morgan fingerprint density at radius 2 is 1.67 bits per heavy atom. The van der Waals surface area contributed by atoms with Gasteiger partial charge < -0.3 is 9.90 Å². The Balaban J connectivity index is 2.08. The maximum absolute atomic E-state index is 11.9. The molecular weight excluding hydrogens is 234 g/mol. The van der Waals surface area contributed by atoms with Crippen molar-refractivity contribution in [3.05, 3.63) is 42.7 Å². The van der Waals surface area contributed by atoms with Crippen LogP contribution in [-0.4, -0.2) is 11.9 Å². The molecule has 0 amide bonds. The number of hydrogen-bond donors (Lipinski definition) is 0. The summed E-state index contributed by atoms with van der Waals surface area (Å²) in [5.74, 6) is -3.26. The van der Waals surface area contributed by atoms with Gasteiger partial charge in [0.05, 0.1) is 5.92 Å². The Bertz CT molecular complexity index is 469. The molecule has 0 aliphatic heterocycles. The van der Waals surface area contributed by atoms with Gasteiger partial charge in [-0.3, -0.25) is 0 Å². The molecule has 0 radical (unpaired) electrons. The van der Waals surface area contributed by atoms with E-state index in [0.717, 1.165) is 0 Å². The summed E-state index contributed by atoms with van der Waals surface area (Å²) < 4.78 is 1.26. The molecule has 1 aliphatic rings. The Kier molecular flexibility index (Phi) is 3.72. The molecule has 2 unspecified atom stereocenters. The molecule has 0 saturated heterocycles. The van der Waals surface area contributed by atoms with Crippen LogP contribution in [0.1, 0.15) is 12.8 Å². The largest absolute Gasteiger partial charge is 0.550 e. The van der Waals surface area contributed by atoms with Gasteiger partial charge in [0.1, 0.15) is 0 Å². The van der Waals surface area contributed by atoms with Crippen molar-refractivity contribution in [2.75, 3.05) is 0 Å². The standard InChI is InChI=1S/C13H13NO4/c15-12(16)10-6-2-3-7-11(10)13(17)18-14-8-4-1-5-9-14/h1-5,8-11H,6-7H2. The quantitative estimate of drug-likeness (QED) is 0.521. The van der Waals surface area contributed by atoms with Crippen molar-refractivity contribution in [2.45, 2.75) is 12.8 Å². The molecule has 1 aliphatic carbocycles. The molecule has 2 atom stereocenters. The Hall–Kier alpha value is -2.17. The fraction of sp³-hybridized carbons (Fsp3) is 0.308. The number of allylic oxidation sites excluding steroid dienone is 2. The third kappa shape index (κ3) is 2.74. The summed E-state index contributed by atoms with van der Waals surface area (Å²) in [6.07, 6.45) is 7.36. The maximum atomic E-state index is 11.9. The molecule has 1 aromatic heterocycles. The first-order valence-electron chi connectivity index (χ1n) is 5.73. The number of aliphatic carboxylic acids is 1. The van der Waals surface area contributed by atoms with Gasteiger partial charge in [-0.25, -0.2) is 4.79 Å². The highest BCUT2D eigenvalue weighted by molar-refractivity contribution is 5.80. The first-order chi connectivity index (χ1) is 8.68. The smallest absolute Gasteiger partial charge is 0.384 e. The fourth-order valence-corrected chi connectivity index (χ4v) is 1.95. The molecule has 0 saturated carbocycles. The zero-order valence-electron chi connectivity index (χ0n) is 9.69. The van der Waals surface area contributed by atoms with E-state index in [-0.39, 0.29) is 0 Å². The summed E-state index contributed by atoms with van der Waals surface area (Å²) in [6, 6.07) is 5.21. The third-order valence-corrected chi connectivity index (χ3v) is 2.92. The number of aromatic nitrogens is 1. The van der Waals surface area contributed by atoms with Gasteiger partial charge >= 0.3 is 5.97 Å². The SMILES string of the molecule is O=C([O-])C1CC=CCC1C(=O)O[n+]1ccccc1. The zero-order chi connectivity index (χ0) is 13.0. The summed E-state index contributed by atoms with van der Waals surface area (Å²) in [5.41, 5.74) is 0. The lowest BCUT2D eigenvalue weighted by Gasteiger charge is -2.25. The van der Waals surface area contributed by atoms with Gasteiger partial charge in [0.2, 0.25) is 12.4 Å². The van der Waals surface area contributed by atoms with Crippen molar-refractivity contribution in [3.8, 4) is 0 Å². The monoisotopic (exact) mass is 247 g/mol. The molecule has 0 bridgehead atoms. The van der Waals surface area contributed by atoms with Gasteiger partial charge in [-0.05, 0) is 12.8 Å².